The number of hydrogen-bond acceptors (Lipinski definition) is 3. The molecule has 1 saturated heterocycles. The van der Waals surface area contributed by atoms with Gasteiger partial charge in [0.1, 0.15) is 0 Å². The molecule has 26 heavy (non-hydrogen) atoms. The first-order valence-electron chi connectivity index (χ1n) is 9.55. The summed E-state index contributed by atoms with van der Waals surface area (Å²) in [5.41, 5.74) is 2.29. The average molecular weight is 371 g/mol. The number of nitrogens with one attached hydrogen (secondary N) is 1. The number of aromatic nitrogens is 2. The number of nitrogens with zero attached hydrogens (tertiary/aromatic N) is 3. The summed E-state index contributed by atoms with van der Waals surface area (Å²) in [5, 5.41) is 13.6. The summed E-state index contributed by atoms with van der Waals surface area (Å²) in [5.74, 6) is 0. The fourth-order valence-electron chi connectivity index (χ4n) is 4.38. The fourth-order valence-corrected chi connectivity index (χ4v) is 4.71. The largest absolute Gasteiger partial charge is 0.396 e. The molecule has 5 nitrogen and oxygen atoms in total. The Bertz CT molecular complexity index is 741. The molecule has 0 unspecified atom stereocenters. The monoisotopic (exact) mass is 370 g/mol. The average Bonchev–Trinajstić information content (AvgIpc) is 3.40. The molecule has 3 heterocycles. The van der Waals surface area contributed by atoms with Gasteiger partial charge in [0.25, 0.3) is 0 Å². The molecule has 1 aliphatic carbocycles. The lowest BCUT2D eigenvalue weighted by molar-refractivity contribution is 0.241. The van der Waals surface area contributed by atoms with Crippen molar-refractivity contribution in [1.82, 2.24) is 19.8 Å². The van der Waals surface area contributed by atoms with E-state index in [1.54, 1.807) is 0 Å². The van der Waals surface area contributed by atoms with Crippen LogP contribution in [0.1, 0.15) is 61.6 Å². The van der Waals surface area contributed by atoms with Crippen LogP contribution in [-0.4, -0.2) is 37.8 Å². The van der Waals surface area contributed by atoms with Gasteiger partial charge < -0.3 is 19.9 Å². The highest BCUT2D eigenvalue weighted by Gasteiger charge is 2.41. The van der Waals surface area contributed by atoms with E-state index in [0.717, 1.165) is 17.4 Å². The second-order valence-electron chi connectivity index (χ2n) is 7.18. The number of aliphatic hydroxyl groups is 1. The predicted molar refractivity (Wildman–Crippen MR) is 106 cm³/mol. The molecule has 6 heteroatoms. The van der Waals surface area contributed by atoms with E-state index in [9.17, 15) is 5.11 Å². The molecule has 138 valence electrons. The lowest BCUT2D eigenvalue weighted by atomic mass is 10.0. The Balaban J connectivity index is 1.72. The van der Waals surface area contributed by atoms with Crippen molar-refractivity contribution in [1.29, 1.82) is 0 Å². The summed E-state index contributed by atoms with van der Waals surface area (Å²) in [7, 11) is 0. The van der Waals surface area contributed by atoms with Crippen LogP contribution in [0.25, 0.3) is 0 Å². The van der Waals surface area contributed by atoms with E-state index in [2.05, 4.69) is 44.2 Å². The molecule has 4 rings (SSSR count). The molecule has 2 atom stereocenters. The number of aliphatic hydroxyl groups excluding tert-OH is 1. The molecule has 1 aliphatic heterocycles. The topological polar surface area (TPSA) is 53.3 Å². The zero-order valence-corrected chi connectivity index (χ0v) is 15.7. The molecular formula is C20H26N4OS. The Morgan fingerprint density at radius 1 is 1.19 bits per heavy atom. The maximum absolute atomic E-state index is 9.33. The Morgan fingerprint density at radius 2 is 2.04 bits per heavy atom. The Kier molecular flexibility index (Phi) is 5.22. The fraction of sp³-hybridized carbons (Fsp3) is 0.500. The minimum absolute atomic E-state index is 0.0254. The van der Waals surface area contributed by atoms with Gasteiger partial charge >= 0.3 is 0 Å². The van der Waals surface area contributed by atoms with Gasteiger partial charge in [-0.2, -0.15) is 0 Å². The van der Waals surface area contributed by atoms with E-state index in [1.807, 2.05) is 18.3 Å². The first kappa shape index (κ1) is 17.5. The molecular weight excluding hydrogens is 344 g/mol. The van der Waals surface area contributed by atoms with Crippen molar-refractivity contribution in [3.8, 4) is 0 Å². The molecule has 2 fully saturated rings. The van der Waals surface area contributed by atoms with Crippen molar-refractivity contribution in [3.05, 3.63) is 54.1 Å². The number of pyridine rings is 1. The highest BCUT2D eigenvalue weighted by molar-refractivity contribution is 7.80. The summed E-state index contributed by atoms with van der Waals surface area (Å²) in [6, 6.07) is 11.1. The van der Waals surface area contributed by atoms with E-state index >= 15 is 0 Å². The van der Waals surface area contributed by atoms with Gasteiger partial charge in [0.05, 0.1) is 17.8 Å². The van der Waals surface area contributed by atoms with Crippen LogP contribution in [0.2, 0.25) is 0 Å². The smallest absolute Gasteiger partial charge is 0.170 e. The second kappa shape index (κ2) is 7.76. The van der Waals surface area contributed by atoms with Gasteiger partial charge in [-0.05, 0) is 55.7 Å². The van der Waals surface area contributed by atoms with Crippen molar-refractivity contribution >= 4 is 17.3 Å². The lowest BCUT2D eigenvalue weighted by Gasteiger charge is -2.30. The zero-order chi connectivity index (χ0) is 17.9. The SMILES string of the molecule is OCCCN1C(=S)N[C@@H](c2ccccn2)[C@H]1c1cccn1C1CCCC1. The van der Waals surface area contributed by atoms with Gasteiger partial charge in [0, 0.05) is 37.3 Å². The van der Waals surface area contributed by atoms with Crippen LogP contribution in [0.15, 0.2) is 42.7 Å². The normalized spacial score (nSPS) is 23.6. The number of hydrogen-bond donors (Lipinski definition) is 2. The van der Waals surface area contributed by atoms with E-state index in [0.29, 0.717) is 12.5 Å². The van der Waals surface area contributed by atoms with E-state index in [-0.39, 0.29) is 18.7 Å². The van der Waals surface area contributed by atoms with Crippen molar-refractivity contribution in [3.63, 3.8) is 0 Å². The third kappa shape index (κ3) is 3.23. The predicted octanol–water partition coefficient (Wildman–Crippen LogP) is 3.35. The summed E-state index contributed by atoms with van der Waals surface area (Å²) in [6.07, 6.45) is 9.87. The molecule has 0 radical (unpaired) electrons. The first-order chi connectivity index (χ1) is 12.8. The van der Waals surface area contributed by atoms with Crippen molar-refractivity contribution in [2.75, 3.05) is 13.2 Å². The first-order valence-corrected chi connectivity index (χ1v) is 9.96. The summed E-state index contributed by atoms with van der Waals surface area (Å²) in [6.45, 7) is 0.913. The molecule has 0 bridgehead atoms. The highest BCUT2D eigenvalue weighted by Crippen LogP contribution is 2.41. The third-order valence-electron chi connectivity index (χ3n) is 5.59. The van der Waals surface area contributed by atoms with Crippen LogP contribution in [0, 0.1) is 0 Å². The Labute approximate surface area is 160 Å². The molecule has 2 N–H and O–H groups in total. The zero-order valence-electron chi connectivity index (χ0n) is 14.9. The van der Waals surface area contributed by atoms with Crippen molar-refractivity contribution in [2.24, 2.45) is 0 Å². The minimum atomic E-state index is 0.0254. The Hall–Kier alpha value is -1.92. The molecule has 2 aromatic rings. The minimum Gasteiger partial charge on any atom is -0.396 e. The highest BCUT2D eigenvalue weighted by atomic mass is 32.1. The van der Waals surface area contributed by atoms with Gasteiger partial charge in [0.15, 0.2) is 5.11 Å². The summed E-state index contributed by atoms with van der Waals surface area (Å²) < 4.78 is 2.45. The molecule has 0 aromatic carbocycles. The maximum atomic E-state index is 9.33. The molecule has 2 aromatic heterocycles. The van der Waals surface area contributed by atoms with Gasteiger partial charge in [-0.1, -0.05) is 18.9 Å². The molecule has 0 spiro atoms. The third-order valence-corrected chi connectivity index (χ3v) is 5.94. The van der Waals surface area contributed by atoms with Crippen LogP contribution < -0.4 is 5.32 Å². The van der Waals surface area contributed by atoms with Crippen LogP contribution in [0.4, 0.5) is 0 Å². The molecule has 0 amide bonds. The summed E-state index contributed by atoms with van der Waals surface area (Å²) in [4.78, 5) is 6.82. The number of rotatable bonds is 6. The van der Waals surface area contributed by atoms with Crippen LogP contribution in [0.5, 0.6) is 0 Å². The van der Waals surface area contributed by atoms with Gasteiger partial charge in [0.2, 0.25) is 0 Å². The van der Waals surface area contributed by atoms with Crippen LogP contribution in [0.3, 0.4) is 0 Å². The number of thiocarbonyl (C=S) groups is 1. The van der Waals surface area contributed by atoms with Crippen LogP contribution in [-0.2, 0) is 0 Å². The molecule has 1 saturated carbocycles. The van der Waals surface area contributed by atoms with Gasteiger partial charge in [-0.15, -0.1) is 0 Å². The summed E-state index contributed by atoms with van der Waals surface area (Å²) >= 11 is 5.66. The van der Waals surface area contributed by atoms with Crippen molar-refractivity contribution in [2.45, 2.75) is 50.2 Å². The van der Waals surface area contributed by atoms with Gasteiger partial charge in [-0.25, -0.2) is 0 Å². The van der Waals surface area contributed by atoms with E-state index in [1.165, 1.54) is 31.4 Å². The van der Waals surface area contributed by atoms with Crippen LogP contribution >= 0.6 is 12.2 Å². The molecule has 2 aliphatic rings. The second-order valence-corrected chi connectivity index (χ2v) is 7.56. The van der Waals surface area contributed by atoms with Crippen molar-refractivity contribution < 1.29 is 5.11 Å². The van der Waals surface area contributed by atoms with Gasteiger partial charge in [-0.3, -0.25) is 4.98 Å². The maximum Gasteiger partial charge on any atom is 0.170 e. The lowest BCUT2D eigenvalue weighted by Crippen LogP contribution is -2.32. The van der Waals surface area contributed by atoms with E-state index in [4.69, 9.17) is 12.2 Å². The quantitative estimate of drug-likeness (QED) is 0.764. The standard InChI is InChI=1S/C20H26N4OS/c25-14-6-13-24-19(17-10-5-12-23(17)15-7-1-2-8-15)18(22-20(24)26)16-9-3-4-11-21-16/h3-5,9-12,15,18-19,25H,1-2,6-8,13-14H2,(H,22,26)/t18-,19+/m0/s1. The Morgan fingerprint density at radius 3 is 2.77 bits per heavy atom. The van der Waals surface area contributed by atoms with E-state index < -0.39 is 0 Å².